The molecule has 0 unspecified atom stereocenters. The average molecular weight is 446 g/mol. The van der Waals surface area contributed by atoms with E-state index in [2.05, 4.69) is 59.7 Å². The number of hydrogen-bond donors (Lipinski definition) is 3. The average Bonchev–Trinajstić information content (AvgIpc) is 3.44. The first kappa shape index (κ1) is 21.1. The van der Waals surface area contributed by atoms with E-state index in [9.17, 15) is 4.79 Å². The topological polar surface area (TPSA) is 107 Å². The molecule has 10 nitrogen and oxygen atoms in total. The summed E-state index contributed by atoms with van der Waals surface area (Å²) in [4.78, 5) is 29.4. The molecule has 0 spiro atoms. The molecule has 0 aliphatic carbocycles. The molecule has 4 heterocycles. The van der Waals surface area contributed by atoms with E-state index in [1.54, 1.807) is 24.1 Å². The van der Waals surface area contributed by atoms with Crippen molar-refractivity contribution in [2.45, 2.75) is 6.54 Å². The summed E-state index contributed by atoms with van der Waals surface area (Å²) in [7, 11) is 3.94. The quantitative estimate of drug-likeness (QED) is 0.418. The number of nitrogens with one attached hydrogen (secondary N) is 3. The summed E-state index contributed by atoms with van der Waals surface area (Å²) in [5.41, 5.74) is 3.55. The monoisotopic (exact) mass is 445 g/mol. The second kappa shape index (κ2) is 9.00. The number of benzene rings is 1. The molecule has 0 atom stereocenters. The number of hydrogen-bond acceptors (Lipinski definition) is 7. The van der Waals surface area contributed by atoms with Crippen LogP contribution in [0.3, 0.4) is 0 Å². The maximum absolute atomic E-state index is 13.0. The maximum atomic E-state index is 13.0. The number of carbonyl (C=O) groups is 1. The van der Waals surface area contributed by atoms with Crippen molar-refractivity contribution in [2.24, 2.45) is 7.05 Å². The van der Waals surface area contributed by atoms with E-state index in [0.29, 0.717) is 17.2 Å². The van der Waals surface area contributed by atoms with Gasteiger partial charge in [0.05, 0.1) is 11.1 Å². The molecule has 170 valence electrons. The molecule has 1 aromatic carbocycles. The summed E-state index contributed by atoms with van der Waals surface area (Å²) in [5.74, 6) is 0.320. The molecule has 3 N–H and O–H groups in total. The van der Waals surface area contributed by atoms with Crippen LogP contribution >= 0.6 is 0 Å². The van der Waals surface area contributed by atoms with Crippen LogP contribution in [-0.4, -0.2) is 73.7 Å². The van der Waals surface area contributed by atoms with Crippen molar-refractivity contribution in [3.8, 4) is 0 Å². The molecule has 4 aromatic rings. The van der Waals surface area contributed by atoms with Gasteiger partial charge in [0.2, 0.25) is 0 Å². The lowest BCUT2D eigenvalue weighted by molar-refractivity contribution is 0.102. The molecule has 1 aliphatic heterocycles. The number of aryl methyl sites for hydroxylation is 1. The minimum atomic E-state index is -0.288. The molecule has 0 bridgehead atoms. The lowest BCUT2D eigenvalue weighted by atomic mass is 10.1. The standard InChI is InChI=1S/C23H27N9O/c1-30-9-11-32(12-10-30)13-16-3-5-17(6-4-16)27-23(33)20-19(14-31(2)29-20)28-22-18-7-8-24-21(18)25-15-26-22/h3-8,14-15H,9-13H2,1-2H3,(H,27,33)(H2,24,25,26,28). The van der Waals surface area contributed by atoms with E-state index in [1.807, 2.05) is 18.2 Å². The number of fused-ring (bicyclic) bond motifs is 1. The zero-order chi connectivity index (χ0) is 22.8. The second-order valence-corrected chi connectivity index (χ2v) is 8.38. The van der Waals surface area contributed by atoms with Crippen LogP contribution in [0.5, 0.6) is 0 Å². The van der Waals surface area contributed by atoms with Gasteiger partial charge in [-0.25, -0.2) is 9.97 Å². The summed E-state index contributed by atoms with van der Waals surface area (Å²) in [6.07, 6.45) is 5.03. The van der Waals surface area contributed by atoms with Gasteiger partial charge in [0.25, 0.3) is 5.91 Å². The third-order valence-electron chi connectivity index (χ3n) is 5.86. The summed E-state index contributed by atoms with van der Waals surface area (Å²) >= 11 is 0. The Morgan fingerprint density at radius 2 is 1.85 bits per heavy atom. The van der Waals surface area contributed by atoms with Gasteiger partial charge in [0.15, 0.2) is 5.69 Å². The molecule has 33 heavy (non-hydrogen) atoms. The van der Waals surface area contributed by atoms with Gasteiger partial charge >= 0.3 is 0 Å². The summed E-state index contributed by atoms with van der Waals surface area (Å²) < 4.78 is 1.60. The zero-order valence-corrected chi connectivity index (χ0v) is 18.7. The van der Waals surface area contributed by atoms with E-state index in [0.717, 1.165) is 49.4 Å². The highest BCUT2D eigenvalue weighted by atomic mass is 16.2. The SMILES string of the molecule is CN1CCN(Cc2ccc(NC(=O)c3nn(C)cc3Nc3ncnc4[nH]ccc34)cc2)CC1. The largest absolute Gasteiger partial charge is 0.346 e. The third-order valence-corrected chi connectivity index (χ3v) is 5.86. The lowest BCUT2D eigenvalue weighted by Crippen LogP contribution is -2.43. The first-order valence-corrected chi connectivity index (χ1v) is 10.9. The number of aromatic amines is 1. The molecule has 0 radical (unpaired) electrons. The fourth-order valence-corrected chi connectivity index (χ4v) is 4.00. The van der Waals surface area contributed by atoms with Crippen LogP contribution in [0.25, 0.3) is 11.0 Å². The van der Waals surface area contributed by atoms with E-state index < -0.39 is 0 Å². The number of H-pyrrole nitrogens is 1. The van der Waals surface area contributed by atoms with Crippen molar-refractivity contribution >= 4 is 34.1 Å². The zero-order valence-electron chi connectivity index (χ0n) is 18.7. The van der Waals surface area contributed by atoms with E-state index >= 15 is 0 Å². The molecule has 10 heteroatoms. The molecule has 1 saturated heterocycles. The summed E-state index contributed by atoms with van der Waals surface area (Å²) in [6.45, 7) is 5.26. The van der Waals surface area contributed by atoms with E-state index in [1.165, 1.54) is 11.9 Å². The van der Waals surface area contributed by atoms with Crippen molar-refractivity contribution in [3.05, 3.63) is 60.3 Å². The van der Waals surface area contributed by atoms with Crippen molar-refractivity contribution < 1.29 is 4.79 Å². The van der Waals surface area contributed by atoms with Gasteiger partial charge in [0, 0.05) is 57.9 Å². The Morgan fingerprint density at radius 3 is 2.64 bits per heavy atom. The highest BCUT2D eigenvalue weighted by Gasteiger charge is 2.18. The van der Waals surface area contributed by atoms with Gasteiger partial charge in [-0.15, -0.1) is 0 Å². The van der Waals surface area contributed by atoms with Crippen LogP contribution in [0.4, 0.5) is 17.2 Å². The first-order chi connectivity index (χ1) is 16.0. The molecular weight excluding hydrogens is 418 g/mol. The first-order valence-electron chi connectivity index (χ1n) is 10.9. The number of piperazine rings is 1. The molecule has 5 rings (SSSR count). The Kier molecular flexibility index (Phi) is 5.76. The fraction of sp³-hybridized carbons (Fsp3) is 0.304. The Hall–Kier alpha value is -3.76. The van der Waals surface area contributed by atoms with Crippen molar-refractivity contribution in [2.75, 3.05) is 43.9 Å². The van der Waals surface area contributed by atoms with Crippen LogP contribution in [0.15, 0.2) is 49.1 Å². The molecule has 1 fully saturated rings. The van der Waals surface area contributed by atoms with Gasteiger partial charge in [-0.2, -0.15) is 5.10 Å². The molecule has 3 aromatic heterocycles. The highest BCUT2D eigenvalue weighted by Crippen LogP contribution is 2.25. The summed E-state index contributed by atoms with van der Waals surface area (Å²) in [6, 6.07) is 9.89. The normalized spacial score (nSPS) is 15.1. The van der Waals surface area contributed by atoms with Crippen LogP contribution in [0.2, 0.25) is 0 Å². The van der Waals surface area contributed by atoms with Gasteiger partial charge < -0.3 is 20.5 Å². The van der Waals surface area contributed by atoms with Crippen molar-refractivity contribution in [3.63, 3.8) is 0 Å². The fourth-order valence-electron chi connectivity index (χ4n) is 4.00. The van der Waals surface area contributed by atoms with Gasteiger partial charge in [-0.1, -0.05) is 12.1 Å². The van der Waals surface area contributed by atoms with E-state index in [4.69, 9.17) is 0 Å². The Bertz CT molecular complexity index is 1250. The number of anilines is 3. The minimum absolute atomic E-state index is 0.288. The second-order valence-electron chi connectivity index (χ2n) is 8.38. The van der Waals surface area contributed by atoms with Gasteiger partial charge in [0.1, 0.15) is 17.8 Å². The smallest absolute Gasteiger partial charge is 0.278 e. The van der Waals surface area contributed by atoms with E-state index in [-0.39, 0.29) is 5.91 Å². The van der Waals surface area contributed by atoms with Crippen LogP contribution < -0.4 is 10.6 Å². The van der Waals surface area contributed by atoms with Gasteiger partial charge in [-0.05, 0) is 30.8 Å². The highest BCUT2D eigenvalue weighted by molar-refractivity contribution is 6.07. The minimum Gasteiger partial charge on any atom is -0.346 e. The predicted molar refractivity (Wildman–Crippen MR) is 128 cm³/mol. The maximum Gasteiger partial charge on any atom is 0.278 e. The van der Waals surface area contributed by atoms with Gasteiger partial charge in [-0.3, -0.25) is 14.4 Å². The number of aromatic nitrogens is 5. The van der Waals surface area contributed by atoms with Crippen LogP contribution in [-0.2, 0) is 13.6 Å². The molecule has 1 aliphatic rings. The lowest BCUT2D eigenvalue weighted by Gasteiger charge is -2.32. The number of likely N-dealkylation sites (N-methyl/N-ethyl adjacent to an activating group) is 1. The molecule has 1 amide bonds. The number of nitrogens with zero attached hydrogens (tertiary/aromatic N) is 6. The van der Waals surface area contributed by atoms with Crippen LogP contribution in [0, 0.1) is 0 Å². The Labute approximate surface area is 191 Å². The third kappa shape index (κ3) is 4.71. The Balaban J connectivity index is 1.27. The summed E-state index contributed by atoms with van der Waals surface area (Å²) in [5, 5.41) is 11.4. The predicted octanol–water partition coefficient (Wildman–Crippen LogP) is 2.43. The molecule has 0 saturated carbocycles. The number of carbonyl (C=O) groups excluding carboxylic acids is 1. The van der Waals surface area contributed by atoms with Crippen molar-refractivity contribution in [1.82, 2.24) is 34.5 Å². The Morgan fingerprint density at radius 1 is 1.06 bits per heavy atom. The van der Waals surface area contributed by atoms with Crippen LogP contribution in [0.1, 0.15) is 16.1 Å². The number of amides is 1. The molecular formula is C23H27N9O. The van der Waals surface area contributed by atoms with Crippen molar-refractivity contribution in [1.29, 1.82) is 0 Å². The number of rotatable bonds is 6.